The van der Waals surface area contributed by atoms with Gasteiger partial charge in [0, 0.05) is 35.7 Å². The van der Waals surface area contributed by atoms with Gasteiger partial charge in [-0.05, 0) is 42.0 Å². The molecule has 3 heterocycles. The van der Waals surface area contributed by atoms with Gasteiger partial charge in [-0.25, -0.2) is 4.79 Å². The van der Waals surface area contributed by atoms with Crippen molar-refractivity contribution in [1.82, 2.24) is 0 Å². The lowest BCUT2D eigenvalue weighted by molar-refractivity contribution is -0.938. The molecule has 0 aromatic heterocycles. The van der Waals surface area contributed by atoms with E-state index in [1.807, 2.05) is 60.7 Å². The summed E-state index contributed by atoms with van der Waals surface area (Å²) in [6, 6.07) is 25.9. The fourth-order valence-corrected chi connectivity index (χ4v) is 5.48. The van der Waals surface area contributed by atoms with E-state index in [9.17, 15) is 9.59 Å². The zero-order valence-electron chi connectivity index (χ0n) is 20.2. The molecule has 0 radical (unpaired) electrons. The lowest BCUT2D eigenvalue weighted by atomic mass is 9.82. The molecule has 0 unspecified atom stereocenters. The molecule has 3 aromatic carbocycles. The number of halogens is 1. The number of benzene rings is 3. The zero-order chi connectivity index (χ0) is 24.3. The number of piperidine rings is 3. The fraction of sp³-hybridized carbons (Fsp3) is 0.310. The molecule has 7 heteroatoms. The molecule has 3 aromatic rings. The van der Waals surface area contributed by atoms with Gasteiger partial charge in [0.2, 0.25) is 5.78 Å². The molecule has 2 atom stereocenters. The Morgan fingerprint density at radius 3 is 2.17 bits per heavy atom. The summed E-state index contributed by atoms with van der Waals surface area (Å²) in [6.45, 7) is 3.01. The smallest absolute Gasteiger partial charge is 0.333 e. The summed E-state index contributed by atoms with van der Waals surface area (Å²) in [5, 5.41) is 3.35. The van der Waals surface area contributed by atoms with Gasteiger partial charge < -0.3 is 37.3 Å². The van der Waals surface area contributed by atoms with Crippen molar-refractivity contribution >= 4 is 23.1 Å². The Morgan fingerprint density at radius 2 is 1.53 bits per heavy atom. The summed E-state index contributed by atoms with van der Waals surface area (Å²) < 4.78 is 6.88. The summed E-state index contributed by atoms with van der Waals surface area (Å²) in [4.78, 5) is 26.6. The molecule has 0 spiro atoms. The third-order valence-corrected chi connectivity index (χ3v) is 7.47. The maximum absolute atomic E-state index is 13.5. The number of ether oxygens (including phenoxy) is 1. The lowest BCUT2D eigenvalue weighted by Gasteiger charge is -2.51. The highest BCUT2D eigenvalue weighted by Gasteiger charge is 2.49. The molecule has 188 valence electrons. The van der Waals surface area contributed by atoms with Crippen LogP contribution < -0.4 is 28.0 Å². The fourth-order valence-electron chi connectivity index (χ4n) is 5.48. The Kier molecular flexibility index (Phi) is 8.11. The lowest BCUT2D eigenvalue weighted by Crippen LogP contribution is -3.00. The van der Waals surface area contributed by atoms with Crippen molar-refractivity contribution in [3.63, 3.8) is 0 Å². The van der Waals surface area contributed by atoms with Gasteiger partial charge in [0.15, 0.2) is 12.1 Å². The maximum atomic E-state index is 13.5. The van der Waals surface area contributed by atoms with E-state index < -0.39 is 6.04 Å². The SMILES string of the molecule is Nc1ccc(C(=O)C[N+]23CCC(CC2)[C@@H](OC(=O)[C@H](Nc2ccccc2)c2ccccc2)C3)cc1.[Br-]. The minimum absolute atomic E-state index is 0. The van der Waals surface area contributed by atoms with Gasteiger partial charge >= 0.3 is 5.97 Å². The Labute approximate surface area is 222 Å². The maximum Gasteiger partial charge on any atom is 0.333 e. The number of carbonyl (C=O) groups is 2. The number of hydrogen-bond acceptors (Lipinski definition) is 5. The van der Waals surface area contributed by atoms with Crippen LogP contribution >= 0.6 is 0 Å². The molecule has 0 saturated carbocycles. The van der Waals surface area contributed by atoms with E-state index in [0.29, 0.717) is 34.7 Å². The van der Waals surface area contributed by atoms with Crippen LogP contribution in [-0.4, -0.2) is 48.5 Å². The van der Waals surface area contributed by atoms with Gasteiger partial charge in [-0.1, -0.05) is 48.5 Å². The first-order valence-corrected chi connectivity index (χ1v) is 12.3. The quantitative estimate of drug-likeness (QED) is 0.192. The van der Waals surface area contributed by atoms with E-state index in [1.165, 1.54) is 0 Å². The summed E-state index contributed by atoms with van der Waals surface area (Å²) >= 11 is 0. The third kappa shape index (κ3) is 5.79. The van der Waals surface area contributed by atoms with Crippen LogP contribution in [0.2, 0.25) is 0 Å². The number of nitrogens with two attached hydrogens (primary N) is 1. The van der Waals surface area contributed by atoms with Crippen LogP contribution in [0.4, 0.5) is 11.4 Å². The molecule has 2 bridgehead atoms. The first kappa shape index (κ1) is 25.9. The summed E-state index contributed by atoms with van der Waals surface area (Å²) in [5.74, 6) is 0.184. The Morgan fingerprint density at radius 1 is 0.917 bits per heavy atom. The zero-order valence-corrected chi connectivity index (χ0v) is 21.8. The predicted octanol–water partition coefficient (Wildman–Crippen LogP) is 1.46. The number of ketones is 1. The second-order valence-electron chi connectivity index (χ2n) is 9.84. The van der Waals surface area contributed by atoms with Gasteiger partial charge in [0.1, 0.15) is 13.1 Å². The average molecular weight is 550 g/mol. The number of esters is 1. The largest absolute Gasteiger partial charge is 1.00 e. The number of rotatable bonds is 8. The van der Waals surface area contributed by atoms with Crippen LogP contribution in [0.25, 0.3) is 0 Å². The monoisotopic (exact) mass is 549 g/mol. The topological polar surface area (TPSA) is 81.4 Å². The second-order valence-corrected chi connectivity index (χ2v) is 9.84. The van der Waals surface area contributed by atoms with Crippen molar-refractivity contribution in [3.8, 4) is 0 Å². The van der Waals surface area contributed by atoms with Crippen molar-refractivity contribution in [3.05, 3.63) is 96.1 Å². The van der Waals surface area contributed by atoms with Crippen LogP contribution in [-0.2, 0) is 9.53 Å². The van der Waals surface area contributed by atoms with Crippen LogP contribution in [0.15, 0.2) is 84.9 Å². The van der Waals surface area contributed by atoms with E-state index in [-0.39, 0.29) is 34.8 Å². The van der Waals surface area contributed by atoms with Gasteiger partial charge in [-0.3, -0.25) is 4.79 Å². The number of nitrogens with zero attached hydrogens (tertiary/aromatic N) is 1. The molecule has 3 saturated heterocycles. The number of hydrogen-bond donors (Lipinski definition) is 2. The van der Waals surface area contributed by atoms with Gasteiger partial charge in [0.25, 0.3) is 0 Å². The van der Waals surface area contributed by atoms with E-state index in [1.54, 1.807) is 24.3 Å². The highest BCUT2D eigenvalue weighted by atomic mass is 79.9. The Balaban J connectivity index is 0.00000304. The molecule has 6 rings (SSSR count). The molecule has 3 aliphatic rings. The number of carbonyl (C=O) groups excluding carboxylic acids is 2. The van der Waals surface area contributed by atoms with Crippen molar-refractivity contribution in [2.45, 2.75) is 25.0 Å². The van der Waals surface area contributed by atoms with Crippen molar-refractivity contribution in [2.24, 2.45) is 5.92 Å². The molecule has 36 heavy (non-hydrogen) atoms. The number of Topliss-reactive ketones (excluding diaryl/α,β-unsaturated/α-hetero) is 1. The Bertz CT molecular complexity index is 1160. The molecule has 0 aliphatic carbocycles. The molecule has 6 nitrogen and oxygen atoms in total. The number of para-hydroxylation sites is 1. The predicted molar refractivity (Wildman–Crippen MR) is 137 cm³/mol. The minimum Gasteiger partial charge on any atom is -1.00 e. The molecular weight excluding hydrogens is 518 g/mol. The van der Waals surface area contributed by atoms with Crippen LogP contribution in [0.5, 0.6) is 0 Å². The molecule has 3 N–H and O–H groups in total. The summed E-state index contributed by atoms with van der Waals surface area (Å²) in [6.07, 6.45) is 1.75. The minimum atomic E-state index is -0.598. The van der Waals surface area contributed by atoms with Crippen LogP contribution in [0.3, 0.4) is 0 Å². The standard InChI is InChI=1S/C29H31N3O3.BrH/c30-24-13-11-21(12-14-24)26(33)19-32-17-15-22(16-18-32)27(20-32)35-29(34)28(23-7-3-1-4-8-23)31-25-9-5-2-6-10-25;/h1-14,22,27-28,31H,15-20H2,(H-,30,33);1H/t22?,27-,28+,32?;/m0./s1. The Hall–Kier alpha value is -3.16. The molecule has 3 aliphatic heterocycles. The number of quaternary nitrogens is 1. The first-order valence-electron chi connectivity index (χ1n) is 12.3. The van der Waals surface area contributed by atoms with E-state index >= 15 is 0 Å². The van der Waals surface area contributed by atoms with Crippen molar-refractivity contribution in [2.75, 3.05) is 37.2 Å². The third-order valence-electron chi connectivity index (χ3n) is 7.47. The second kappa shape index (κ2) is 11.3. The average Bonchev–Trinajstić information content (AvgIpc) is 2.89. The van der Waals surface area contributed by atoms with Crippen molar-refractivity contribution < 1.29 is 35.8 Å². The van der Waals surface area contributed by atoms with Crippen LogP contribution in [0.1, 0.15) is 34.8 Å². The van der Waals surface area contributed by atoms with Gasteiger partial charge in [-0.15, -0.1) is 0 Å². The number of fused-ring (bicyclic) bond motifs is 3. The first-order chi connectivity index (χ1) is 17.0. The summed E-state index contributed by atoms with van der Waals surface area (Å²) in [7, 11) is 0. The van der Waals surface area contributed by atoms with E-state index in [2.05, 4.69) is 5.32 Å². The normalized spacial score (nSPS) is 23.2. The molecule has 3 fully saturated rings. The van der Waals surface area contributed by atoms with Gasteiger partial charge in [0.05, 0.1) is 13.1 Å². The van der Waals surface area contributed by atoms with E-state index in [0.717, 1.165) is 37.2 Å². The summed E-state index contributed by atoms with van der Waals surface area (Å²) in [5.41, 5.74) is 8.85. The van der Waals surface area contributed by atoms with Gasteiger partial charge in [-0.2, -0.15) is 0 Å². The number of anilines is 2. The van der Waals surface area contributed by atoms with E-state index in [4.69, 9.17) is 10.5 Å². The highest BCUT2D eigenvalue weighted by molar-refractivity contribution is 5.97. The van der Waals surface area contributed by atoms with Crippen molar-refractivity contribution in [1.29, 1.82) is 0 Å². The highest BCUT2D eigenvalue weighted by Crippen LogP contribution is 2.36. The van der Waals surface area contributed by atoms with Crippen LogP contribution in [0, 0.1) is 5.92 Å². The number of nitrogen functional groups attached to an aromatic ring is 1. The number of nitrogens with one attached hydrogen (secondary N) is 1. The molecule has 0 amide bonds. The molecular formula is C29H32BrN3O3.